The summed E-state index contributed by atoms with van der Waals surface area (Å²) in [6.45, 7) is 1.03. The number of anilines is 2. The first kappa shape index (κ1) is 23.9. The first-order valence-corrected chi connectivity index (χ1v) is 12.7. The predicted molar refractivity (Wildman–Crippen MR) is 136 cm³/mol. The number of hydrogen-bond donors (Lipinski definition) is 1. The van der Waals surface area contributed by atoms with Gasteiger partial charge < -0.3 is 19.3 Å². The van der Waals surface area contributed by atoms with Gasteiger partial charge in [0.15, 0.2) is 0 Å². The zero-order chi connectivity index (χ0) is 24.3. The van der Waals surface area contributed by atoms with Crippen LogP contribution >= 0.6 is 0 Å². The van der Waals surface area contributed by atoms with Crippen LogP contribution in [0.4, 0.5) is 11.4 Å². The molecule has 1 atom stereocenters. The molecule has 0 aliphatic carbocycles. The largest absolute Gasteiger partial charge is 0.497 e. The second-order valence-electron chi connectivity index (χ2n) is 8.44. The number of rotatable bonds is 9. The second-order valence-corrected chi connectivity index (χ2v) is 10.2. The standard InChI is InChI=1S/C26H31N3O4S/c1-28(2)21-11-9-20(10-12-21)24(29-16-15-19-7-5-6-8-23(19)29)18-27-34(30,31)26-17-22(32-3)13-14-25(26)33-4/h5-14,17,24,27H,15-16,18H2,1-4H3. The highest BCUT2D eigenvalue weighted by atomic mass is 32.2. The number of fused-ring (bicyclic) bond motifs is 1. The maximum Gasteiger partial charge on any atom is 0.244 e. The topological polar surface area (TPSA) is 71.1 Å². The summed E-state index contributed by atoms with van der Waals surface area (Å²) < 4.78 is 40.1. The molecule has 34 heavy (non-hydrogen) atoms. The minimum Gasteiger partial charge on any atom is -0.497 e. The molecule has 0 amide bonds. The van der Waals surface area contributed by atoms with Crippen molar-refractivity contribution < 1.29 is 17.9 Å². The highest BCUT2D eigenvalue weighted by molar-refractivity contribution is 7.89. The average molecular weight is 482 g/mol. The second kappa shape index (κ2) is 9.95. The summed E-state index contributed by atoms with van der Waals surface area (Å²) in [6.07, 6.45) is 0.929. The molecule has 7 nitrogen and oxygen atoms in total. The van der Waals surface area contributed by atoms with Gasteiger partial charge in [-0.25, -0.2) is 13.1 Å². The first-order valence-electron chi connectivity index (χ1n) is 11.2. The molecule has 0 spiro atoms. The monoisotopic (exact) mass is 481 g/mol. The molecular formula is C26H31N3O4S. The van der Waals surface area contributed by atoms with Crippen molar-refractivity contribution in [3.63, 3.8) is 0 Å². The summed E-state index contributed by atoms with van der Waals surface area (Å²) in [4.78, 5) is 4.38. The number of nitrogens with one attached hydrogen (secondary N) is 1. The first-order chi connectivity index (χ1) is 16.3. The van der Waals surface area contributed by atoms with Gasteiger partial charge in [-0.3, -0.25) is 0 Å². The zero-order valence-corrected chi connectivity index (χ0v) is 20.8. The minimum atomic E-state index is -3.86. The molecule has 3 aromatic rings. The van der Waals surface area contributed by atoms with Gasteiger partial charge in [-0.1, -0.05) is 30.3 Å². The van der Waals surface area contributed by atoms with Gasteiger partial charge in [0.25, 0.3) is 0 Å². The number of methoxy groups -OCH3 is 2. The van der Waals surface area contributed by atoms with Crippen molar-refractivity contribution in [3.05, 3.63) is 77.9 Å². The van der Waals surface area contributed by atoms with Gasteiger partial charge in [0.2, 0.25) is 10.0 Å². The van der Waals surface area contributed by atoms with Crippen LogP contribution in [0.15, 0.2) is 71.6 Å². The van der Waals surface area contributed by atoms with Crippen LogP contribution in [0.3, 0.4) is 0 Å². The smallest absolute Gasteiger partial charge is 0.244 e. The fourth-order valence-electron chi connectivity index (χ4n) is 4.35. The molecule has 0 bridgehead atoms. The van der Waals surface area contributed by atoms with E-state index in [1.54, 1.807) is 12.1 Å². The number of benzene rings is 3. The Balaban J connectivity index is 1.67. The van der Waals surface area contributed by atoms with E-state index in [0.29, 0.717) is 5.75 Å². The van der Waals surface area contributed by atoms with Gasteiger partial charge in [-0.2, -0.15) is 0 Å². The summed E-state index contributed by atoms with van der Waals surface area (Å²) in [5.74, 6) is 0.720. The molecule has 4 rings (SSSR count). The Morgan fingerprint density at radius 1 is 1.00 bits per heavy atom. The molecular weight excluding hydrogens is 450 g/mol. The fourth-order valence-corrected chi connectivity index (χ4v) is 5.57. The van der Waals surface area contributed by atoms with Crippen LogP contribution in [0.5, 0.6) is 11.5 Å². The Hall–Kier alpha value is -3.23. The van der Waals surface area contributed by atoms with Crippen molar-refractivity contribution in [2.24, 2.45) is 0 Å². The third-order valence-electron chi connectivity index (χ3n) is 6.22. The Bertz CT molecular complexity index is 1240. The highest BCUT2D eigenvalue weighted by Crippen LogP contribution is 2.36. The van der Waals surface area contributed by atoms with E-state index in [9.17, 15) is 8.42 Å². The summed E-state index contributed by atoms with van der Waals surface area (Å²) in [5.41, 5.74) is 4.55. The van der Waals surface area contributed by atoms with Crippen LogP contribution in [-0.2, 0) is 16.4 Å². The number of sulfonamides is 1. The summed E-state index contributed by atoms with van der Waals surface area (Å²) in [7, 11) is 3.10. The maximum absolute atomic E-state index is 13.3. The average Bonchev–Trinajstić information content (AvgIpc) is 3.28. The fraction of sp³-hybridized carbons (Fsp3) is 0.308. The summed E-state index contributed by atoms with van der Waals surface area (Å²) >= 11 is 0. The number of nitrogens with zero attached hydrogens (tertiary/aromatic N) is 2. The Morgan fingerprint density at radius 2 is 1.74 bits per heavy atom. The molecule has 1 aliphatic rings. The molecule has 3 aromatic carbocycles. The lowest BCUT2D eigenvalue weighted by Crippen LogP contribution is -2.37. The van der Waals surface area contributed by atoms with Gasteiger partial charge in [0.05, 0.1) is 20.3 Å². The Kier molecular flexibility index (Phi) is 7.00. The maximum atomic E-state index is 13.3. The van der Waals surface area contributed by atoms with Crippen molar-refractivity contribution in [1.29, 1.82) is 0 Å². The van der Waals surface area contributed by atoms with E-state index >= 15 is 0 Å². The number of para-hydroxylation sites is 1. The molecule has 1 N–H and O–H groups in total. The van der Waals surface area contributed by atoms with Crippen LogP contribution in [0.25, 0.3) is 0 Å². The molecule has 0 aromatic heterocycles. The van der Waals surface area contributed by atoms with Crippen LogP contribution in [0, 0.1) is 0 Å². The molecule has 0 fully saturated rings. The van der Waals surface area contributed by atoms with E-state index in [4.69, 9.17) is 9.47 Å². The summed E-state index contributed by atoms with van der Waals surface area (Å²) in [6, 6.07) is 21.1. The third kappa shape index (κ3) is 4.83. The van der Waals surface area contributed by atoms with E-state index in [1.807, 2.05) is 31.1 Å². The van der Waals surface area contributed by atoms with E-state index in [1.165, 1.54) is 25.8 Å². The van der Waals surface area contributed by atoms with E-state index in [2.05, 4.69) is 46.0 Å². The van der Waals surface area contributed by atoms with Crippen molar-refractivity contribution in [3.8, 4) is 11.5 Å². The number of ether oxygens (including phenoxy) is 2. The van der Waals surface area contributed by atoms with Crippen molar-refractivity contribution >= 4 is 21.4 Å². The van der Waals surface area contributed by atoms with Crippen LogP contribution in [0.2, 0.25) is 0 Å². The lowest BCUT2D eigenvalue weighted by molar-refractivity contribution is 0.392. The van der Waals surface area contributed by atoms with Crippen LogP contribution < -0.4 is 24.0 Å². The number of hydrogen-bond acceptors (Lipinski definition) is 6. The van der Waals surface area contributed by atoms with Gasteiger partial charge in [-0.15, -0.1) is 0 Å². The quantitative estimate of drug-likeness (QED) is 0.501. The highest BCUT2D eigenvalue weighted by Gasteiger charge is 2.29. The molecule has 1 aliphatic heterocycles. The minimum absolute atomic E-state index is 0.0536. The van der Waals surface area contributed by atoms with Gasteiger partial charge >= 0.3 is 0 Å². The SMILES string of the molecule is COc1ccc(OC)c(S(=O)(=O)NCC(c2ccc(N(C)C)cc2)N2CCc3ccccc32)c1. The van der Waals surface area contributed by atoms with Gasteiger partial charge in [0.1, 0.15) is 16.4 Å². The Labute approximate surface area is 202 Å². The normalized spacial score (nSPS) is 13.9. The van der Waals surface area contributed by atoms with Gasteiger partial charge in [0, 0.05) is 44.6 Å². The molecule has 8 heteroatoms. The van der Waals surface area contributed by atoms with Crippen molar-refractivity contribution in [1.82, 2.24) is 4.72 Å². The van der Waals surface area contributed by atoms with Crippen molar-refractivity contribution in [2.75, 3.05) is 51.2 Å². The molecule has 1 heterocycles. The molecule has 0 saturated carbocycles. The summed E-state index contributed by atoms with van der Waals surface area (Å²) in [5, 5.41) is 0. The zero-order valence-electron chi connectivity index (χ0n) is 20.0. The molecule has 0 saturated heterocycles. The molecule has 0 radical (unpaired) electrons. The van der Waals surface area contributed by atoms with E-state index < -0.39 is 10.0 Å². The van der Waals surface area contributed by atoms with Crippen molar-refractivity contribution in [2.45, 2.75) is 17.4 Å². The molecule has 180 valence electrons. The Morgan fingerprint density at radius 3 is 2.41 bits per heavy atom. The van der Waals surface area contributed by atoms with Crippen LogP contribution in [-0.4, -0.2) is 49.8 Å². The van der Waals surface area contributed by atoms with Crippen LogP contribution in [0.1, 0.15) is 17.2 Å². The predicted octanol–water partition coefficient (Wildman–Crippen LogP) is 3.85. The lowest BCUT2D eigenvalue weighted by atomic mass is 10.0. The lowest BCUT2D eigenvalue weighted by Gasteiger charge is -2.31. The van der Waals surface area contributed by atoms with Gasteiger partial charge in [-0.05, 0) is 47.9 Å². The van der Waals surface area contributed by atoms with E-state index in [0.717, 1.165) is 29.9 Å². The third-order valence-corrected chi connectivity index (χ3v) is 7.67. The van der Waals surface area contributed by atoms with E-state index in [-0.39, 0.29) is 23.2 Å². The molecule has 1 unspecified atom stereocenters.